The van der Waals surface area contributed by atoms with Gasteiger partial charge in [0, 0.05) is 30.1 Å². The average molecular weight is 484 g/mol. The Bertz CT molecular complexity index is 1020. The molecular weight excluding hydrogens is 464 g/mol. The normalized spacial score (nSPS) is 11.0. The molecule has 0 spiro atoms. The van der Waals surface area contributed by atoms with Crippen LogP contribution >= 0.6 is 15.9 Å². The Labute approximate surface area is 180 Å². The van der Waals surface area contributed by atoms with Crippen LogP contribution in [0.25, 0.3) is 10.9 Å². The molecule has 10 heteroatoms. The second-order valence-electron chi connectivity index (χ2n) is 6.09. The van der Waals surface area contributed by atoms with Gasteiger partial charge in [-0.25, -0.2) is 9.37 Å². The molecule has 0 saturated heterocycles. The quantitative estimate of drug-likeness (QED) is 0.336. The van der Waals surface area contributed by atoms with Gasteiger partial charge in [0.1, 0.15) is 24.8 Å². The summed E-state index contributed by atoms with van der Waals surface area (Å²) in [5.74, 6) is 0.339. The number of methoxy groups -OCH3 is 2. The van der Waals surface area contributed by atoms with Crippen molar-refractivity contribution < 1.29 is 27.7 Å². The average Bonchev–Trinajstić information content (AvgIpc) is 2.71. The molecule has 1 aromatic heterocycles. The van der Waals surface area contributed by atoms with E-state index < -0.39 is 11.9 Å². The monoisotopic (exact) mass is 483 g/mol. The number of anilines is 2. The topological polar surface area (TPSA) is 74.7 Å². The summed E-state index contributed by atoms with van der Waals surface area (Å²) in [4.78, 5) is 7.62. The minimum atomic E-state index is -0.960. The van der Waals surface area contributed by atoms with Gasteiger partial charge in [-0.2, -0.15) is 9.37 Å². The molecule has 3 aromatic rings. The highest BCUT2D eigenvalue weighted by atomic mass is 79.9. The number of hydrogen-bond donors (Lipinski definition) is 1. The maximum Gasteiger partial charge on any atom is 0.311 e. The van der Waals surface area contributed by atoms with E-state index in [1.54, 1.807) is 32.4 Å². The van der Waals surface area contributed by atoms with Crippen molar-refractivity contribution in [2.24, 2.45) is 0 Å². The molecule has 7 nitrogen and oxygen atoms in total. The number of nitrogens with zero attached hydrogens (tertiary/aromatic N) is 2. The third-order valence-electron chi connectivity index (χ3n) is 4.01. The minimum Gasteiger partial charge on any atom is -0.487 e. The number of hydrogen-bond acceptors (Lipinski definition) is 7. The van der Waals surface area contributed by atoms with Gasteiger partial charge in [0.05, 0.1) is 24.4 Å². The smallest absolute Gasteiger partial charge is 0.311 e. The molecule has 2 aromatic carbocycles. The maximum absolute atomic E-state index is 14.3. The Morgan fingerprint density at radius 2 is 1.57 bits per heavy atom. The third kappa shape index (κ3) is 5.53. The fourth-order valence-corrected chi connectivity index (χ4v) is 2.95. The second-order valence-corrected chi connectivity index (χ2v) is 7.00. The van der Waals surface area contributed by atoms with Crippen LogP contribution in [0.4, 0.5) is 20.3 Å². The van der Waals surface area contributed by atoms with Crippen LogP contribution in [0.15, 0.2) is 34.8 Å². The number of aromatic nitrogens is 2. The standard InChI is InChI=1S/C20H20BrF2N3O4/c1-27-5-7-29-17-10-13-16(11-18(17)30-8-6-28-2)25-20(23)26-19(13)24-15-4-3-12(21)9-14(15)22/h3-4,9-11H,5-8H2,1-2H3,(H,24,25,26). The largest absolute Gasteiger partial charge is 0.487 e. The van der Waals surface area contributed by atoms with Crippen LogP contribution in [0.5, 0.6) is 11.5 Å². The summed E-state index contributed by atoms with van der Waals surface area (Å²) < 4.78 is 50.4. The SMILES string of the molecule is COCCOc1cc2nc(F)nc(Nc3ccc(Br)cc3F)c2cc1OCCOC. The predicted octanol–water partition coefficient (Wildman–Crippen LogP) is 4.46. The van der Waals surface area contributed by atoms with Gasteiger partial charge >= 0.3 is 6.08 Å². The predicted molar refractivity (Wildman–Crippen MR) is 112 cm³/mol. The zero-order valence-electron chi connectivity index (χ0n) is 16.4. The fraction of sp³-hybridized carbons (Fsp3) is 0.300. The molecule has 0 aliphatic rings. The van der Waals surface area contributed by atoms with E-state index >= 15 is 0 Å². The van der Waals surface area contributed by atoms with Crippen molar-refractivity contribution >= 4 is 38.3 Å². The highest BCUT2D eigenvalue weighted by Gasteiger charge is 2.16. The lowest BCUT2D eigenvalue weighted by molar-refractivity contribution is 0.132. The number of rotatable bonds is 10. The maximum atomic E-state index is 14.3. The first-order valence-electron chi connectivity index (χ1n) is 8.98. The Hall–Kier alpha value is -2.56. The molecule has 0 radical (unpaired) electrons. The van der Waals surface area contributed by atoms with Crippen molar-refractivity contribution in [2.45, 2.75) is 0 Å². The lowest BCUT2D eigenvalue weighted by Crippen LogP contribution is -2.09. The van der Waals surface area contributed by atoms with Crippen molar-refractivity contribution in [2.75, 3.05) is 46.0 Å². The summed E-state index contributed by atoms with van der Waals surface area (Å²) in [6.07, 6.45) is -0.960. The summed E-state index contributed by atoms with van der Waals surface area (Å²) in [7, 11) is 3.12. The highest BCUT2D eigenvalue weighted by molar-refractivity contribution is 9.10. The Balaban J connectivity index is 2.02. The van der Waals surface area contributed by atoms with Crippen molar-refractivity contribution in [3.8, 4) is 11.5 Å². The molecular formula is C20H20BrF2N3O4. The zero-order chi connectivity index (χ0) is 21.5. The lowest BCUT2D eigenvalue weighted by Gasteiger charge is -2.15. The van der Waals surface area contributed by atoms with Crippen LogP contribution in [-0.4, -0.2) is 50.6 Å². The molecule has 0 saturated carbocycles. The first-order chi connectivity index (χ1) is 14.5. The Morgan fingerprint density at radius 3 is 2.20 bits per heavy atom. The molecule has 0 aliphatic heterocycles. The lowest BCUT2D eigenvalue weighted by atomic mass is 10.2. The van der Waals surface area contributed by atoms with E-state index in [0.29, 0.717) is 34.6 Å². The van der Waals surface area contributed by atoms with E-state index in [0.717, 1.165) is 0 Å². The van der Waals surface area contributed by atoms with Crippen LogP contribution in [0.3, 0.4) is 0 Å². The molecule has 0 unspecified atom stereocenters. The molecule has 30 heavy (non-hydrogen) atoms. The van der Waals surface area contributed by atoms with E-state index in [1.165, 1.54) is 12.1 Å². The van der Waals surface area contributed by atoms with Gasteiger partial charge in [-0.15, -0.1) is 0 Å². The molecule has 160 valence electrons. The highest BCUT2D eigenvalue weighted by Crippen LogP contribution is 2.35. The van der Waals surface area contributed by atoms with Gasteiger partial charge in [-0.1, -0.05) is 15.9 Å². The fourth-order valence-electron chi connectivity index (χ4n) is 2.62. The van der Waals surface area contributed by atoms with E-state index in [2.05, 4.69) is 31.2 Å². The number of ether oxygens (including phenoxy) is 4. The summed E-state index contributed by atoms with van der Waals surface area (Å²) in [6, 6.07) is 7.63. The van der Waals surface area contributed by atoms with E-state index in [-0.39, 0.29) is 30.2 Å². The summed E-state index contributed by atoms with van der Waals surface area (Å²) in [6.45, 7) is 1.27. The van der Waals surface area contributed by atoms with Gasteiger partial charge in [0.2, 0.25) is 0 Å². The van der Waals surface area contributed by atoms with E-state index in [9.17, 15) is 8.78 Å². The van der Waals surface area contributed by atoms with Crippen LogP contribution in [0.2, 0.25) is 0 Å². The van der Waals surface area contributed by atoms with Crippen LogP contribution in [-0.2, 0) is 9.47 Å². The molecule has 3 rings (SSSR count). The number of fused-ring (bicyclic) bond motifs is 1. The molecule has 0 fully saturated rings. The van der Waals surface area contributed by atoms with Crippen LogP contribution in [0, 0.1) is 11.9 Å². The summed E-state index contributed by atoms with van der Waals surface area (Å²) in [5, 5.41) is 3.26. The van der Waals surface area contributed by atoms with Gasteiger partial charge in [0.25, 0.3) is 0 Å². The molecule has 0 aliphatic carbocycles. The van der Waals surface area contributed by atoms with Crippen molar-refractivity contribution in [3.63, 3.8) is 0 Å². The van der Waals surface area contributed by atoms with Gasteiger partial charge < -0.3 is 24.3 Å². The van der Waals surface area contributed by atoms with Gasteiger partial charge in [-0.05, 0) is 24.3 Å². The van der Waals surface area contributed by atoms with E-state index in [4.69, 9.17) is 18.9 Å². The number of halogens is 3. The minimum absolute atomic E-state index is 0.0961. The van der Waals surface area contributed by atoms with Crippen LogP contribution in [0.1, 0.15) is 0 Å². The summed E-state index contributed by atoms with van der Waals surface area (Å²) >= 11 is 3.20. The number of benzene rings is 2. The Morgan fingerprint density at radius 1 is 0.900 bits per heavy atom. The number of nitrogens with one attached hydrogen (secondary N) is 1. The van der Waals surface area contributed by atoms with Gasteiger partial charge in [-0.3, -0.25) is 0 Å². The molecule has 0 amide bonds. The van der Waals surface area contributed by atoms with Crippen LogP contribution < -0.4 is 14.8 Å². The molecule has 1 N–H and O–H groups in total. The molecule has 1 heterocycles. The van der Waals surface area contributed by atoms with E-state index in [1.807, 2.05) is 0 Å². The Kier molecular flexibility index (Phi) is 7.72. The second kappa shape index (κ2) is 10.5. The first-order valence-corrected chi connectivity index (χ1v) is 9.78. The zero-order valence-corrected chi connectivity index (χ0v) is 18.0. The van der Waals surface area contributed by atoms with Crippen molar-refractivity contribution in [3.05, 3.63) is 46.7 Å². The van der Waals surface area contributed by atoms with Crippen molar-refractivity contribution in [1.82, 2.24) is 9.97 Å². The summed E-state index contributed by atoms with van der Waals surface area (Å²) in [5.41, 5.74) is 0.411. The van der Waals surface area contributed by atoms with Crippen molar-refractivity contribution in [1.29, 1.82) is 0 Å². The molecule has 0 bridgehead atoms. The first kappa shape index (κ1) is 22.1. The third-order valence-corrected chi connectivity index (χ3v) is 4.50. The molecule has 0 atom stereocenters. The van der Waals surface area contributed by atoms with Gasteiger partial charge in [0.15, 0.2) is 11.5 Å².